The second kappa shape index (κ2) is 6.71. The fourth-order valence-electron chi connectivity index (χ4n) is 3.32. The van der Waals surface area contributed by atoms with Crippen LogP contribution in [0.25, 0.3) is 0 Å². The Kier molecular flexibility index (Phi) is 5.22. The summed E-state index contributed by atoms with van der Waals surface area (Å²) in [4.78, 5) is 16.8. The number of rotatable bonds is 5. The summed E-state index contributed by atoms with van der Waals surface area (Å²) in [7, 11) is 2.20. The molecule has 0 spiro atoms. The van der Waals surface area contributed by atoms with Crippen molar-refractivity contribution in [3.05, 3.63) is 0 Å². The number of amides is 1. The zero-order valence-corrected chi connectivity index (χ0v) is 12.7. The van der Waals surface area contributed by atoms with E-state index < -0.39 is 0 Å². The lowest BCUT2D eigenvalue weighted by molar-refractivity contribution is -0.130. The molecular weight excluding hydrogens is 238 g/mol. The van der Waals surface area contributed by atoms with E-state index in [-0.39, 0.29) is 12.2 Å². The minimum absolute atomic E-state index is 0.0578. The molecular formula is C15H29N3O. The Balaban J connectivity index is 1.82. The second-order valence-electron chi connectivity index (χ2n) is 6.12. The third kappa shape index (κ3) is 3.48. The summed E-state index contributed by atoms with van der Waals surface area (Å²) in [5.74, 6) is 1.13. The molecule has 2 saturated heterocycles. The van der Waals surface area contributed by atoms with E-state index in [2.05, 4.69) is 36.0 Å². The van der Waals surface area contributed by atoms with Crippen molar-refractivity contribution < 1.29 is 4.79 Å². The fourth-order valence-corrected chi connectivity index (χ4v) is 3.32. The number of carbonyl (C=O) groups is 1. The topological polar surface area (TPSA) is 35.6 Å². The summed E-state index contributed by atoms with van der Waals surface area (Å²) in [6.07, 6.45) is 5.94. The van der Waals surface area contributed by atoms with E-state index in [0.717, 1.165) is 25.3 Å². The number of hydrogen-bond donors (Lipinski definition) is 1. The predicted molar refractivity (Wildman–Crippen MR) is 77.8 cm³/mol. The van der Waals surface area contributed by atoms with Crippen LogP contribution in [0.1, 0.15) is 46.0 Å². The summed E-state index contributed by atoms with van der Waals surface area (Å²) in [5, 5.41) is 3.45. The number of nitrogens with zero attached hydrogens (tertiary/aromatic N) is 2. The molecule has 2 atom stereocenters. The third-order valence-corrected chi connectivity index (χ3v) is 4.76. The van der Waals surface area contributed by atoms with Gasteiger partial charge in [-0.2, -0.15) is 0 Å². The first-order valence-corrected chi connectivity index (χ1v) is 7.90. The van der Waals surface area contributed by atoms with Crippen LogP contribution in [0.3, 0.4) is 0 Å². The maximum Gasteiger partial charge on any atom is 0.241 e. The molecule has 4 heteroatoms. The average Bonchev–Trinajstić information content (AvgIpc) is 2.74. The van der Waals surface area contributed by atoms with Crippen molar-refractivity contribution >= 4 is 5.91 Å². The van der Waals surface area contributed by atoms with Crippen LogP contribution in [0.5, 0.6) is 0 Å². The Morgan fingerprint density at radius 2 is 1.89 bits per heavy atom. The van der Waals surface area contributed by atoms with Crippen molar-refractivity contribution in [3.8, 4) is 0 Å². The fraction of sp³-hybridized carbons (Fsp3) is 0.933. The molecule has 0 radical (unpaired) electrons. The maximum atomic E-state index is 12.3. The minimum atomic E-state index is 0.0578. The second-order valence-corrected chi connectivity index (χ2v) is 6.12. The smallest absolute Gasteiger partial charge is 0.241 e. The Morgan fingerprint density at radius 1 is 1.21 bits per heavy atom. The van der Waals surface area contributed by atoms with E-state index in [1.807, 2.05) is 0 Å². The summed E-state index contributed by atoms with van der Waals surface area (Å²) in [6, 6.07) is 0.0578. The first kappa shape index (κ1) is 14.8. The number of piperidine rings is 1. The van der Waals surface area contributed by atoms with E-state index in [0.29, 0.717) is 5.91 Å². The zero-order valence-electron chi connectivity index (χ0n) is 12.7. The van der Waals surface area contributed by atoms with Gasteiger partial charge in [0.25, 0.3) is 0 Å². The van der Waals surface area contributed by atoms with Crippen LogP contribution in [0, 0.1) is 5.92 Å². The van der Waals surface area contributed by atoms with Gasteiger partial charge < -0.3 is 9.80 Å². The summed E-state index contributed by atoms with van der Waals surface area (Å²) in [6.45, 7) is 7.61. The molecule has 0 bridgehead atoms. The summed E-state index contributed by atoms with van der Waals surface area (Å²) >= 11 is 0. The van der Waals surface area contributed by atoms with Gasteiger partial charge in [0.1, 0.15) is 0 Å². The number of hydrogen-bond acceptors (Lipinski definition) is 3. The van der Waals surface area contributed by atoms with Gasteiger partial charge in [-0.3, -0.25) is 10.1 Å². The molecule has 2 unspecified atom stereocenters. The van der Waals surface area contributed by atoms with Gasteiger partial charge in [0.05, 0.1) is 12.2 Å². The zero-order chi connectivity index (χ0) is 13.8. The van der Waals surface area contributed by atoms with Crippen LogP contribution in [0.4, 0.5) is 0 Å². The Hall–Kier alpha value is -0.610. The van der Waals surface area contributed by atoms with Crippen LogP contribution in [0.2, 0.25) is 0 Å². The molecule has 0 aliphatic carbocycles. The lowest BCUT2D eigenvalue weighted by Gasteiger charge is -2.31. The average molecular weight is 267 g/mol. The van der Waals surface area contributed by atoms with Crippen LogP contribution in [-0.2, 0) is 4.79 Å². The van der Waals surface area contributed by atoms with Gasteiger partial charge >= 0.3 is 0 Å². The van der Waals surface area contributed by atoms with E-state index in [1.165, 1.54) is 32.4 Å². The normalized spacial score (nSPS) is 30.3. The third-order valence-electron chi connectivity index (χ3n) is 4.76. The SMILES string of the molecule is CCC1NC(CC)N(CCC2CCN(C)CC2)C1=O. The molecule has 2 aliphatic heterocycles. The highest BCUT2D eigenvalue weighted by atomic mass is 16.2. The quantitative estimate of drug-likeness (QED) is 0.823. The van der Waals surface area contributed by atoms with Crippen LogP contribution in [0.15, 0.2) is 0 Å². The molecule has 2 fully saturated rings. The molecule has 0 saturated carbocycles. The highest BCUT2D eigenvalue weighted by molar-refractivity contribution is 5.84. The van der Waals surface area contributed by atoms with Gasteiger partial charge in [-0.15, -0.1) is 0 Å². The van der Waals surface area contributed by atoms with Gasteiger partial charge in [-0.25, -0.2) is 0 Å². The molecule has 19 heavy (non-hydrogen) atoms. The van der Waals surface area contributed by atoms with Crippen molar-refractivity contribution in [1.29, 1.82) is 0 Å². The Bertz CT molecular complexity index is 300. The summed E-state index contributed by atoms with van der Waals surface area (Å²) in [5.41, 5.74) is 0. The first-order valence-electron chi connectivity index (χ1n) is 7.90. The van der Waals surface area contributed by atoms with Gasteiger partial charge in [-0.05, 0) is 58.2 Å². The number of likely N-dealkylation sites (tertiary alicyclic amines) is 1. The molecule has 0 aromatic heterocycles. The van der Waals surface area contributed by atoms with Crippen molar-refractivity contribution in [2.75, 3.05) is 26.7 Å². The van der Waals surface area contributed by atoms with Crippen molar-refractivity contribution in [2.45, 2.75) is 58.2 Å². The van der Waals surface area contributed by atoms with Crippen LogP contribution < -0.4 is 5.32 Å². The number of nitrogens with one attached hydrogen (secondary N) is 1. The van der Waals surface area contributed by atoms with Crippen molar-refractivity contribution in [1.82, 2.24) is 15.1 Å². The monoisotopic (exact) mass is 267 g/mol. The van der Waals surface area contributed by atoms with Gasteiger partial charge in [0.15, 0.2) is 0 Å². The molecule has 2 rings (SSSR count). The lowest BCUT2D eigenvalue weighted by atomic mass is 9.93. The molecule has 0 aromatic rings. The maximum absolute atomic E-state index is 12.3. The highest BCUT2D eigenvalue weighted by Crippen LogP contribution is 2.22. The van der Waals surface area contributed by atoms with Gasteiger partial charge in [0, 0.05) is 6.54 Å². The standard InChI is InChI=1S/C15H29N3O/c1-4-13-15(19)18(14(5-2)16-13)11-8-12-6-9-17(3)10-7-12/h12-14,16H,4-11H2,1-3H3. The molecule has 2 heterocycles. The van der Waals surface area contributed by atoms with Crippen molar-refractivity contribution in [2.24, 2.45) is 5.92 Å². The van der Waals surface area contributed by atoms with Gasteiger partial charge in [0.2, 0.25) is 5.91 Å². The van der Waals surface area contributed by atoms with Crippen LogP contribution >= 0.6 is 0 Å². The van der Waals surface area contributed by atoms with Crippen molar-refractivity contribution in [3.63, 3.8) is 0 Å². The van der Waals surface area contributed by atoms with E-state index >= 15 is 0 Å². The number of carbonyl (C=O) groups excluding carboxylic acids is 1. The Morgan fingerprint density at radius 3 is 2.47 bits per heavy atom. The molecule has 110 valence electrons. The minimum Gasteiger partial charge on any atom is -0.326 e. The molecule has 0 aromatic carbocycles. The molecule has 1 amide bonds. The highest BCUT2D eigenvalue weighted by Gasteiger charge is 2.36. The van der Waals surface area contributed by atoms with E-state index in [9.17, 15) is 4.79 Å². The van der Waals surface area contributed by atoms with E-state index in [1.54, 1.807) is 0 Å². The lowest BCUT2D eigenvalue weighted by Crippen LogP contribution is -2.39. The largest absolute Gasteiger partial charge is 0.326 e. The first-order chi connectivity index (χ1) is 9.15. The van der Waals surface area contributed by atoms with Gasteiger partial charge in [-0.1, -0.05) is 13.8 Å². The summed E-state index contributed by atoms with van der Waals surface area (Å²) < 4.78 is 0. The molecule has 2 aliphatic rings. The molecule has 1 N–H and O–H groups in total. The molecule has 4 nitrogen and oxygen atoms in total. The van der Waals surface area contributed by atoms with E-state index in [4.69, 9.17) is 0 Å². The Labute approximate surface area is 117 Å². The van der Waals surface area contributed by atoms with Crippen LogP contribution in [-0.4, -0.2) is 54.6 Å². The predicted octanol–water partition coefficient (Wildman–Crippen LogP) is 1.66.